The zero-order valence-corrected chi connectivity index (χ0v) is 16.1. The van der Waals surface area contributed by atoms with Gasteiger partial charge in [0.1, 0.15) is 17.2 Å². The van der Waals surface area contributed by atoms with E-state index in [9.17, 15) is 14.9 Å². The van der Waals surface area contributed by atoms with Crippen LogP contribution < -0.4 is 14.4 Å². The summed E-state index contributed by atoms with van der Waals surface area (Å²) < 4.78 is 10.6. The number of halogens is 1. The second kappa shape index (κ2) is 8.79. The van der Waals surface area contributed by atoms with E-state index >= 15 is 0 Å². The molecule has 8 nitrogen and oxygen atoms in total. The van der Waals surface area contributed by atoms with Crippen LogP contribution in [0, 0.1) is 10.1 Å². The van der Waals surface area contributed by atoms with Crippen molar-refractivity contribution in [2.24, 2.45) is 0 Å². The maximum Gasteiger partial charge on any atom is 0.296 e. The van der Waals surface area contributed by atoms with Gasteiger partial charge < -0.3 is 19.3 Å². The van der Waals surface area contributed by atoms with Gasteiger partial charge in [-0.15, -0.1) is 0 Å². The number of methoxy groups -OCH3 is 1. The molecule has 1 heterocycles. The number of rotatable bonds is 6. The molecular formula is C19H20ClN3O5. The number of ether oxygens (including phenoxy) is 2. The second-order valence-corrected chi connectivity index (χ2v) is 6.66. The molecule has 3 rings (SSSR count). The number of benzene rings is 2. The quantitative estimate of drug-likeness (QED) is 0.542. The third-order valence-corrected chi connectivity index (χ3v) is 4.78. The summed E-state index contributed by atoms with van der Waals surface area (Å²) >= 11 is 5.82. The molecule has 28 heavy (non-hydrogen) atoms. The maximum absolute atomic E-state index is 12.4. The Morgan fingerprint density at radius 2 is 1.75 bits per heavy atom. The fraction of sp³-hybridized carbons (Fsp3) is 0.316. The third kappa shape index (κ3) is 4.64. The fourth-order valence-corrected chi connectivity index (χ4v) is 3.13. The average molecular weight is 406 g/mol. The standard InChI is InChI=1S/C19H20ClN3O5/c1-27-16-6-7-17(18(12-16)23(25)26)21-8-10-22(11-9-21)19(24)13-28-15-4-2-14(20)3-5-15/h2-7,12H,8-11,13H2,1H3. The normalized spacial score (nSPS) is 13.9. The highest BCUT2D eigenvalue weighted by Crippen LogP contribution is 2.32. The highest BCUT2D eigenvalue weighted by atomic mass is 35.5. The summed E-state index contributed by atoms with van der Waals surface area (Å²) in [4.78, 5) is 26.9. The van der Waals surface area contributed by atoms with Crippen molar-refractivity contribution in [2.75, 3.05) is 44.8 Å². The van der Waals surface area contributed by atoms with Crippen LogP contribution in [0.3, 0.4) is 0 Å². The fourth-order valence-electron chi connectivity index (χ4n) is 3.01. The number of amides is 1. The van der Waals surface area contributed by atoms with Crippen LogP contribution in [0.25, 0.3) is 0 Å². The van der Waals surface area contributed by atoms with Crippen molar-refractivity contribution < 1.29 is 19.2 Å². The lowest BCUT2D eigenvalue weighted by atomic mass is 10.2. The Morgan fingerprint density at radius 3 is 2.36 bits per heavy atom. The highest BCUT2D eigenvalue weighted by molar-refractivity contribution is 6.30. The summed E-state index contributed by atoms with van der Waals surface area (Å²) in [5.41, 5.74) is 0.514. The van der Waals surface area contributed by atoms with Gasteiger partial charge in [-0.25, -0.2) is 0 Å². The van der Waals surface area contributed by atoms with Crippen molar-refractivity contribution in [3.63, 3.8) is 0 Å². The largest absolute Gasteiger partial charge is 0.496 e. The Balaban J connectivity index is 1.57. The first-order valence-corrected chi connectivity index (χ1v) is 9.09. The Hall–Kier alpha value is -3.00. The predicted molar refractivity (Wildman–Crippen MR) is 105 cm³/mol. The summed E-state index contributed by atoms with van der Waals surface area (Å²) in [5, 5.41) is 12.0. The lowest BCUT2D eigenvalue weighted by Gasteiger charge is -2.35. The minimum atomic E-state index is -0.421. The van der Waals surface area contributed by atoms with E-state index < -0.39 is 4.92 Å². The molecule has 1 amide bonds. The molecule has 1 fully saturated rings. The summed E-state index contributed by atoms with van der Waals surface area (Å²) in [6, 6.07) is 11.6. The lowest BCUT2D eigenvalue weighted by molar-refractivity contribution is -0.384. The van der Waals surface area contributed by atoms with E-state index in [1.807, 2.05) is 4.90 Å². The number of nitrogens with zero attached hydrogens (tertiary/aromatic N) is 3. The van der Waals surface area contributed by atoms with E-state index in [4.69, 9.17) is 21.1 Å². The molecular weight excluding hydrogens is 386 g/mol. The average Bonchev–Trinajstić information content (AvgIpc) is 2.72. The molecule has 1 aliphatic rings. The smallest absolute Gasteiger partial charge is 0.296 e. The van der Waals surface area contributed by atoms with Gasteiger partial charge in [-0.05, 0) is 36.4 Å². The van der Waals surface area contributed by atoms with Gasteiger partial charge in [0, 0.05) is 31.2 Å². The number of piperazine rings is 1. The Labute approximate surface area is 167 Å². The van der Waals surface area contributed by atoms with E-state index in [-0.39, 0.29) is 18.2 Å². The highest BCUT2D eigenvalue weighted by Gasteiger charge is 2.26. The zero-order valence-electron chi connectivity index (χ0n) is 15.3. The van der Waals surface area contributed by atoms with Crippen LogP contribution in [0.15, 0.2) is 42.5 Å². The van der Waals surface area contributed by atoms with Crippen LogP contribution in [-0.2, 0) is 4.79 Å². The van der Waals surface area contributed by atoms with Crippen LogP contribution in [0.4, 0.5) is 11.4 Å². The van der Waals surface area contributed by atoms with Gasteiger partial charge in [-0.3, -0.25) is 14.9 Å². The van der Waals surface area contributed by atoms with Crippen LogP contribution in [0.2, 0.25) is 5.02 Å². The minimum absolute atomic E-state index is 0.00908. The van der Waals surface area contributed by atoms with Gasteiger partial charge in [0.2, 0.25) is 0 Å². The topological polar surface area (TPSA) is 85.2 Å². The molecule has 0 N–H and O–H groups in total. The molecule has 0 atom stereocenters. The molecule has 148 valence electrons. The van der Waals surface area contributed by atoms with Gasteiger partial charge in [-0.2, -0.15) is 0 Å². The molecule has 0 radical (unpaired) electrons. The molecule has 0 saturated carbocycles. The van der Waals surface area contributed by atoms with Crippen molar-refractivity contribution >= 4 is 28.9 Å². The van der Waals surface area contributed by atoms with Crippen molar-refractivity contribution in [3.8, 4) is 11.5 Å². The SMILES string of the molecule is COc1ccc(N2CCN(C(=O)COc3ccc(Cl)cc3)CC2)c([N+](=O)[O-])c1. The van der Waals surface area contributed by atoms with Gasteiger partial charge >= 0.3 is 0 Å². The van der Waals surface area contributed by atoms with Gasteiger partial charge in [-0.1, -0.05) is 11.6 Å². The van der Waals surface area contributed by atoms with Crippen molar-refractivity contribution in [2.45, 2.75) is 0 Å². The molecule has 1 saturated heterocycles. The Bertz CT molecular complexity index is 851. The van der Waals surface area contributed by atoms with E-state index in [0.717, 1.165) is 0 Å². The first-order chi connectivity index (χ1) is 13.5. The summed E-state index contributed by atoms with van der Waals surface area (Å²) in [5.74, 6) is 0.882. The maximum atomic E-state index is 12.4. The van der Waals surface area contributed by atoms with Crippen molar-refractivity contribution in [1.82, 2.24) is 4.90 Å². The van der Waals surface area contributed by atoms with E-state index in [2.05, 4.69) is 0 Å². The molecule has 0 aromatic heterocycles. The first-order valence-electron chi connectivity index (χ1n) is 8.71. The number of hydrogen-bond donors (Lipinski definition) is 0. The summed E-state index contributed by atoms with van der Waals surface area (Å²) in [6.07, 6.45) is 0. The number of nitro benzene ring substituents is 1. The van der Waals surface area contributed by atoms with Gasteiger partial charge in [0.25, 0.3) is 11.6 Å². The third-order valence-electron chi connectivity index (χ3n) is 4.53. The van der Waals surface area contributed by atoms with Gasteiger partial charge in [0.15, 0.2) is 6.61 Å². The molecule has 9 heteroatoms. The Morgan fingerprint density at radius 1 is 1.11 bits per heavy atom. The molecule has 0 unspecified atom stereocenters. The molecule has 0 spiro atoms. The number of carbonyl (C=O) groups is 1. The first kappa shape index (κ1) is 19.8. The van der Waals surface area contributed by atoms with Crippen LogP contribution >= 0.6 is 11.6 Å². The van der Waals surface area contributed by atoms with Crippen LogP contribution in [-0.4, -0.2) is 55.6 Å². The number of anilines is 1. The van der Waals surface area contributed by atoms with Crippen LogP contribution in [0.5, 0.6) is 11.5 Å². The second-order valence-electron chi connectivity index (χ2n) is 6.22. The Kier molecular flexibility index (Phi) is 6.20. The lowest BCUT2D eigenvalue weighted by Crippen LogP contribution is -2.50. The van der Waals surface area contributed by atoms with Crippen LogP contribution in [0.1, 0.15) is 0 Å². The van der Waals surface area contributed by atoms with Crippen molar-refractivity contribution in [1.29, 1.82) is 0 Å². The number of nitro groups is 1. The monoisotopic (exact) mass is 405 g/mol. The number of hydrogen-bond acceptors (Lipinski definition) is 6. The van der Waals surface area contributed by atoms with Crippen molar-refractivity contribution in [3.05, 3.63) is 57.6 Å². The predicted octanol–water partition coefficient (Wildman–Crippen LogP) is 2.98. The zero-order chi connectivity index (χ0) is 20.1. The van der Waals surface area contributed by atoms with E-state index in [1.54, 1.807) is 41.3 Å². The molecule has 2 aromatic carbocycles. The molecule has 0 aliphatic carbocycles. The van der Waals surface area contributed by atoms with Gasteiger partial charge in [0.05, 0.1) is 18.1 Å². The number of carbonyl (C=O) groups excluding carboxylic acids is 1. The van der Waals surface area contributed by atoms with E-state index in [1.165, 1.54) is 13.2 Å². The molecule has 1 aliphatic heterocycles. The summed E-state index contributed by atoms with van der Waals surface area (Å²) in [6.45, 7) is 1.86. The molecule has 0 bridgehead atoms. The minimum Gasteiger partial charge on any atom is -0.496 e. The molecule has 2 aromatic rings. The van der Waals surface area contributed by atoms with E-state index in [0.29, 0.717) is 48.4 Å². The summed E-state index contributed by atoms with van der Waals surface area (Å²) in [7, 11) is 1.47.